The summed E-state index contributed by atoms with van der Waals surface area (Å²) < 4.78 is 0. The minimum absolute atomic E-state index is 0.257. The highest BCUT2D eigenvalue weighted by Gasteiger charge is 2.45. The molecule has 3 rings (SSSR count). The quantitative estimate of drug-likeness (QED) is 0.855. The Balaban J connectivity index is 1.75. The van der Waals surface area contributed by atoms with Crippen LogP contribution in [-0.2, 0) is 11.3 Å². The summed E-state index contributed by atoms with van der Waals surface area (Å²) in [5.74, 6) is 0.275. The molecule has 0 bridgehead atoms. The van der Waals surface area contributed by atoms with Crippen LogP contribution in [0.1, 0.15) is 31.4 Å². The molecule has 2 fully saturated rings. The second-order valence-electron chi connectivity index (χ2n) is 5.26. The Morgan fingerprint density at radius 1 is 1.33 bits per heavy atom. The predicted octanol–water partition coefficient (Wildman–Crippen LogP) is 1.33. The highest BCUT2D eigenvalue weighted by atomic mass is 16.2. The van der Waals surface area contributed by atoms with Crippen molar-refractivity contribution in [3.63, 3.8) is 0 Å². The van der Waals surface area contributed by atoms with Crippen LogP contribution in [0, 0.1) is 0 Å². The van der Waals surface area contributed by atoms with Crippen LogP contribution < -0.4 is 5.32 Å². The van der Waals surface area contributed by atoms with Crippen LogP contribution in [0.15, 0.2) is 24.4 Å². The lowest BCUT2D eigenvalue weighted by molar-refractivity contribution is -0.141. The minimum atomic E-state index is -0.257. The Hall–Kier alpha value is -1.42. The molecule has 2 saturated heterocycles. The lowest BCUT2D eigenvalue weighted by atomic mass is 9.86. The number of carbonyl (C=O) groups is 1. The largest absolute Gasteiger partial charge is 0.335 e. The first kappa shape index (κ1) is 11.7. The van der Waals surface area contributed by atoms with E-state index in [1.165, 1.54) is 0 Å². The van der Waals surface area contributed by atoms with E-state index >= 15 is 0 Å². The third-order valence-electron chi connectivity index (χ3n) is 4.05. The molecule has 1 spiro atoms. The molecule has 18 heavy (non-hydrogen) atoms. The highest BCUT2D eigenvalue weighted by Crippen LogP contribution is 2.31. The summed E-state index contributed by atoms with van der Waals surface area (Å²) in [6, 6.07) is 5.86. The minimum Gasteiger partial charge on any atom is -0.335 e. The molecular weight excluding hydrogens is 226 g/mol. The van der Waals surface area contributed by atoms with Gasteiger partial charge in [0.15, 0.2) is 0 Å². The number of nitrogens with zero attached hydrogens (tertiary/aromatic N) is 2. The summed E-state index contributed by atoms with van der Waals surface area (Å²) in [5, 5.41) is 3.43. The van der Waals surface area contributed by atoms with Gasteiger partial charge in [-0.1, -0.05) is 6.07 Å². The Bertz CT molecular complexity index is 426. The van der Waals surface area contributed by atoms with E-state index in [2.05, 4.69) is 10.3 Å². The fourth-order valence-electron chi connectivity index (χ4n) is 3.12. The van der Waals surface area contributed by atoms with Crippen LogP contribution in [0.25, 0.3) is 0 Å². The van der Waals surface area contributed by atoms with Gasteiger partial charge in [0.2, 0.25) is 5.91 Å². The van der Waals surface area contributed by atoms with Crippen molar-refractivity contribution in [1.29, 1.82) is 0 Å². The first-order chi connectivity index (χ1) is 8.80. The van der Waals surface area contributed by atoms with E-state index in [9.17, 15) is 4.79 Å². The standard InChI is InChI=1S/C14H19N3O/c18-13-14(6-3-9-16-14)7-4-10-17(13)11-12-5-1-2-8-15-12/h1-2,5,8,16H,3-4,6-7,9-11H2. The Morgan fingerprint density at radius 3 is 2.94 bits per heavy atom. The zero-order chi connectivity index (χ0) is 12.4. The van der Waals surface area contributed by atoms with Gasteiger partial charge in [-0.25, -0.2) is 0 Å². The summed E-state index contributed by atoms with van der Waals surface area (Å²) in [5.41, 5.74) is 0.716. The molecule has 4 heteroatoms. The molecule has 1 aromatic heterocycles. The topological polar surface area (TPSA) is 45.2 Å². The maximum atomic E-state index is 12.6. The maximum absolute atomic E-state index is 12.6. The van der Waals surface area contributed by atoms with E-state index < -0.39 is 0 Å². The molecule has 1 aromatic rings. The number of amides is 1. The van der Waals surface area contributed by atoms with Crippen molar-refractivity contribution in [3.05, 3.63) is 30.1 Å². The van der Waals surface area contributed by atoms with Crippen molar-refractivity contribution >= 4 is 5.91 Å². The molecule has 0 aromatic carbocycles. The van der Waals surface area contributed by atoms with E-state index in [1.54, 1.807) is 6.20 Å². The SMILES string of the molecule is O=C1N(Cc2ccccn2)CCCC12CCCN2. The van der Waals surface area contributed by atoms with Gasteiger partial charge in [0.05, 0.1) is 17.8 Å². The van der Waals surface area contributed by atoms with E-state index in [1.807, 2.05) is 23.1 Å². The molecule has 0 saturated carbocycles. The van der Waals surface area contributed by atoms with Gasteiger partial charge in [-0.15, -0.1) is 0 Å². The summed E-state index contributed by atoms with van der Waals surface area (Å²) in [6.07, 6.45) is 5.97. The van der Waals surface area contributed by atoms with Crippen molar-refractivity contribution in [1.82, 2.24) is 15.2 Å². The molecule has 2 aliphatic heterocycles. The van der Waals surface area contributed by atoms with Crippen LogP contribution in [0.4, 0.5) is 0 Å². The smallest absolute Gasteiger partial charge is 0.243 e. The number of likely N-dealkylation sites (tertiary alicyclic amines) is 1. The van der Waals surface area contributed by atoms with E-state index in [0.717, 1.165) is 44.5 Å². The second-order valence-corrected chi connectivity index (χ2v) is 5.26. The number of nitrogens with one attached hydrogen (secondary N) is 1. The zero-order valence-corrected chi connectivity index (χ0v) is 10.6. The second kappa shape index (κ2) is 4.69. The molecule has 1 atom stereocenters. The van der Waals surface area contributed by atoms with Gasteiger partial charge in [-0.2, -0.15) is 0 Å². The Morgan fingerprint density at radius 2 is 2.22 bits per heavy atom. The lowest BCUT2D eigenvalue weighted by Crippen LogP contribution is -2.58. The number of aromatic nitrogens is 1. The Kier molecular flexibility index (Phi) is 3.04. The molecule has 1 amide bonds. The lowest BCUT2D eigenvalue weighted by Gasteiger charge is -2.39. The number of rotatable bonds is 2. The van der Waals surface area contributed by atoms with Crippen molar-refractivity contribution in [2.24, 2.45) is 0 Å². The fourth-order valence-corrected chi connectivity index (χ4v) is 3.12. The first-order valence-electron chi connectivity index (χ1n) is 6.74. The summed E-state index contributed by atoms with van der Waals surface area (Å²) in [7, 11) is 0. The monoisotopic (exact) mass is 245 g/mol. The van der Waals surface area contributed by atoms with Gasteiger partial charge in [-0.3, -0.25) is 9.78 Å². The molecule has 1 unspecified atom stereocenters. The Labute approximate surface area is 107 Å². The summed E-state index contributed by atoms with van der Waals surface area (Å²) in [4.78, 5) is 18.9. The van der Waals surface area contributed by atoms with Crippen LogP contribution in [0.2, 0.25) is 0 Å². The van der Waals surface area contributed by atoms with Crippen LogP contribution in [-0.4, -0.2) is 34.4 Å². The third kappa shape index (κ3) is 2.01. The van der Waals surface area contributed by atoms with Gasteiger partial charge in [0.1, 0.15) is 0 Å². The van der Waals surface area contributed by atoms with Crippen molar-refractivity contribution < 1.29 is 4.79 Å². The van der Waals surface area contributed by atoms with Gasteiger partial charge >= 0.3 is 0 Å². The maximum Gasteiger partial charge on any atom is 0.243 e. The highest BCUT2D eigenvalue weighted by molar-refractivity contribution is 5.87. The van der Waals surface area contributed by atoms with E-state index in [4.69, 9.17) is 0 Å². The number of carbonyl (C=O) groups excluding carboxylic acids is 1. The molecule has 2 aliphatic rings. The van der Waals surface area contributed by atoms with Crippen molar-refractivity contribution in [3.8, 4) is 0 Å². The molecular formula is C14H19N3O. The number of pyridine rings is 1. The zero-order valence-electron chi connectivity index (χ0n) is 10.6. The van der Waals surface area contributed by atoms with Crippen LogP contribution >= 0.6 is 0 Å². The number of hydrogen-bond donors (Lipinski definition) is 1. The van der Waals surface area contributed by atoms with E-state index in [0.29, 0.717) is 6.54 Å². The third-order valence-corrected chi connectivity index (χ3v) is 4.05. The van der Waals surface area contributed by atoms with Gasteiger partial charge in [0, 0.05) is 12.7 Å². The normalized spacial score (nSPS) is 28.0. The molecule has 4 nitrogen and oxygen atoms in total. The van der Waals surface area contributed by atoms with Gasteiger partial charge in [0.25, 0.3) is 0 Å². The van der Waals surface area contributed by atoms with Crippen LogP contribution in [0.5, 0.6) is 0 Å². The van der Waals surface area contributed by atoms with E-state index in [-0.39, 0.29) is 11.4 Å². The molecule has 0 radical (unpaired) electrons. The van der Waals surface area contributed by atoms with Gasteiger partial charge < -0.3 is 10.2 Å². The first-order valence-corrected chi connectivity index (χ1v) is 6.74. The molecule has 1 N–H and O–H groups in total. The average Bonchev–Trinajstić information content (AvgIpc) is 2.86. The van der Waals surface area contributed by atoms with Crippen LogP contribution in [0.3, 0.4) is 0 Å². The summed E-state index contributed by atoms with van der Waals surface area (Å²) in [6.45, 7) is 2.48. The number of hydrogen-bond acceptors (Lipinski definition) is 3. The van der Waals surface area contributed by atoms with Gasteiger partial charge in [-0.05, 0) is 44.4 Å². The molecule has 0 aliphatic carbocycles. The summed E-state index contributed by atoms with van der Waals surface area (Å²) >= 11 is 0. The molecule has 96 valence electrons. The fraction of sp³-hybridized carbons (Fsp3) is 0.571. The predicted molar refractivity (Wildman–Crippen MR) is 68.9 cm³/mol. The number of piperidine rings is 1. The van der Waals surface area contributed by atoms with Crippen molar-refractivity contribution in [2.45, 2.75) is 37.8 Å². The molecule has 3 heterocycles. The average molecular weight is 245 g/mol. The van der Waals surface area contributed by atoms with Crippen molar-refractivity contribution in [2.75, 3.05) is 13.1 Å².